The van der Waals surface area contributed by atoms with Crippen LogP contribution in [0.1, 0.15) is 19.2 Å². The first kappa shape index (κ1) is 12.0. The first-order valence-electron chi connectivity index (χ1n) is 5.19. The Kier molecular flexibility index (Phi) is 3.38. The van der Waals surface area contributed by atoms with Crippen molar-refractivity contribution in [3.8, 4) is 5.69 Å². The van der Waals surface area contributed by atoms with Crippen LogP contribution < -0.4 is 0 Å². The summed E-state index contributed by atoms with van der Waals surface area (Å²) in [4.78, 5) is 0. The van der Waals surface area contributed by atoms with Crippen LogP contribution in [-0.4, -0.2) is 14.8 Å². The fourth-order valence-corrected chi connectivity index (χ4v) is 1.81. The topological polar surface area (TPSA) is 30.7 Å². The summed E-state index contributed by atoms with van der Waals surface area (Å²) in [5, 5.41) is 7.54. The molecule has 1 aromatic heterocycles. The van der Waals surface area contributed by atoms with Crippen LogP contribution in [0.5, 0.6) is 0 Å². The molecule has 0 radical (unpaired) electrons. The summed E-state index contributed by atoms with van der Waals surface area (Å²) < 4.78 is 28.1. The van der Waals surface area contributed by atoms with E-state index in [1.807, 2.05) is 6.92 Å². The largest absolute Gasteiger partial charge is 0.267 e. The van der Waals surface area contributed by atoms with Gasteiger partial charge in [0.05, 0.1) is 5.69 Å². The van der Waals surface area contributed by atoms with E-state index in [1.54, 1.807) is 0 Å². The molecule has 1 aromatic carbocycles. The first-order valence-corrected chi connectivity index (χ1v) is 5.57. The van der Waals surface area contributed by atoms with Crippen molar-refractivity contribution in [1.29, 1.82) is 0 Å². The van der Waals surface area contributed by atoms with Crippen molar-refractivity contribution in [3.63, 3.8) is 0 Å². The molecule has 0 spiro atoms. The van der Waals surface area contributed by atoms with Crippen molar-refractivity contribution in [1.82, 2.24) is 14.8 Å². The summed E-state index contributed by atoms with van der Waals surface area (Å²) in [6, 6.07) is 3.91. The molecule has 0 amide bonds. The Morgan fingerprint density at radius 2 is 2.06 bits per heavy atom. The SMILES string of the molecule is CCCc1nnc(Cl)n1-c1cccc(F)c1F. The number of hydrogen-bond donors (Lipinski definition) is 0. The Morgan fingerprint density at radius 1 is 1.29 bits per heavy atom. The lowest BCUT2D eigenvalue weighted by molar-refractivity contribution is 0.503. The molecule has 3 nitrogen and oxygen atoms in total. The molecule has 0 aliphatic carbocycles. The van der Waals surface area contributed by atoms with E-state index in [2.05, 4.69) is 10.2 Å². The van der Waals surface area contributed by atoms with Gasteiger partial charge < -0.3 is 0 Å². The van der Waals surface area contributed by atoms with E-state index >= 15 is 0 Å². The molecular formula is C11H10ClF2N3. The summed E-state index contributed by atoms with van der Waals surface area (Å²) in [6.45, 7) is 1.95. The Bertz CT molecular complexity index is 540. The van der Waals surface area contributed by atoms with Gasteiger partial charge in [-0.05, 0) is 30.2 Å². The standard InChI is InChI=1S/C11H10ClF2N3/c1-2-4-9-15-16-11(12)17(9)8-6-3-5-7(13)10(8)14/h3,5-6H,2,4H2,1H3. The number of aryl methyl sites for hydroxylation is 1. The van der Waals surface area contributed by atoms with Crippen LogP contribution in [0.3, 0.4) is 0 Å². The van der Waals surface area contributed by atoms with E-state index in [-0.39, 0.29) is 11.0 Å². The number of halogens is 3. The second kappa shape index (κ2) is 4.79. The van der Waals surface area contributed by atoms with Gasteiger partial charge in [-0.25, -0.2) is 8.78 Å². The van der Waals surface area contributed by atoms with Gasteiger partial charge in [0.1, 0.15) is 5.82 Å². The van der Waals surface area contributed by atoms with Crippen LogP contribution in [0, 0.1) is 11.6 Å². The molecule has 0 aliphatic rings. The fourth-order valence-electron chi connectivity index (χ4n) is 1.58. The van der Waals surface area contributed by atoms with Gasteiger partial charge in [-0.15, -0.1) is 10.2 Å². The minimum Gasteiger partial charge on any atom is -0.267 e. The minimum atomic E-state index is -0.952. The third kappa shape index (κ3) is 2.15. The van der Waals surface area contributed by atoms with Gasteiger partial charge in [-0.3, -0.25) is 4.57 Å². The van der Waals surface area contributed by atoms with E-state index in [0.29, 0.717) is 12.2 Å². The summed E-state index contributed by atoms with van der Waals surface area (Å²) in [5.41, 5.74) is 0.0310. The highest BCUT2D eigenvalue weighted by Crippen LogP contribution is 2.22. The fraction of sp³-hybridized carbons (Fsp3) is 0.273. The zero-order valence-electron chi connectivity index (χ0n) is 9.12. The predicted molar refractivity (Wildman–Crippen MR) is 60.3 cm³/mol. The average Bonchev–Trinajstić information content (AvgIpc) is 2.65. The summed E-state index contributed by atoms with van der Waals surface area (Å²) >= 11 is 5.84. The van der Waals surface area contributed by atoms with E-state index < -0.39 is 11.6 Å². The van der Waals surface area contributed by atoms with E-state index in [4.69, 9.17) is 11.6 Å². The van der Waals surface area contributed by atoms with Gasteiger partial charge in [-0.2, -0.15) is 0 Å². The van der Waals surface area contributed by atoms with Crippen molar-refractivity contribution in [2.24, 2.45) is 0 Å². The molecule has 90 valence electrons. The number of aromatic nitrogens is 3. The Balaban J connectivity index is 2.59. The number of benzene rings is 1. The molecule has 0 atom stereocenters. The Morgan fingerprint density at radius 3 is 2.76 bits per heavy atom. The predicted octanol–water partition coefficient (Wildman–Crippen LogP) is 3.15. The molecular weight excluding hydrogens is 248 g/mol. The maximum absolute atomic E-state index is 13.7. The van der Waals surface area contributed by atoms with Gasteiger partial charge in [0.15, 0.2) is 11.6 Å². The zero-order chi connectivity index (χ0) is 12.4. The lowest BCUT2D eigenvalue weighted by Crippen LogP contribution is -2.05. The molecule has 0 N–H and O–H groups in total. The summed E-state index contributed by atoms with van der Waals surface area (Å²) in [5.74, 6) is -1.36. The quantitative estimate of drug-likeness (QED) is 0.846. The molecule has 0 saturated heterocycles. The monoisotopic (exact) mass is 257 g/mol. The van der Waals surface area contributed by atoms with Crippen molar-refractivity contribution >= 4 is 11.6 Å². The van der Waals surface area contributed by atoms with Crippen LogP contribution in [0.2, 0.25) is 5.28 Å². The molecule has 0 aliphatic heterocycles. The van der Waals surface area contributed by atoms with Gasteiger partial charge in [0.2, 0.25) is 5.28 Å². The third-order valence-electron chi connectivity index (χ3n) is 2.34. The molecule has 0 unspecified atom stereocenters. The lowest BCUT2D eigenvalue weighted by Gasteiger charge is -2.08. The van der Waals surface area contributed by atoms with Gasteiger partial charge in [0.25, 0.3) is 0 Å². The Hall–Kier alpha value is -1.49. The Labute approximate surface area is 102 Å². The normalized spacial score (nSPS) is 10.8. The third-order valence-corrected chi connectivity index (χ3v) is 2.58. The zero-order valence-corrected chi connectivity index (χ0v) is 9.88. The molecule has 17 heavy (non-hydrogen) atoms. The smallest absolute Gasteiger partial charge is 0.229 e. The minimum absolute atomic E-state index is 0.0259. The molecule has 0 saturated carbocycles. The van der Waals surface area contributed by atoms with Gasteiger partial charge in [-0.1, -0.05) is 13.0 Å². The van der Waals surface area contributed by atoms with Crippen molar-refractivity contribution < 1.29 is 8.78 Å². The van der Waals surface area contributed by atoms with Crippen molar-refractivity contribution in [2.45, 2.75) is 19.8 Å². The second-order valence-electron chi connectivity index (χ2n) is 3.54. The molecule has 2 rings (SSSR count). The highest BCUT2D eigenvalue weighted by atomic mass is 35.5. The van der Waals surface area contributed by atoms with E-state index in [1.165, 1.54) is 16.7 Å². The number of nitrogens with zero attached hydrogens (tertiary/aromatic N) is 3. The van der Waals surface area contributed by atoms with Crippen LogP contribution in [0.4, 0.5) is 8.78 Å². The number of rotatable bonds is 3. The molecule has 1 heterocycles. The van der Waals surface area contributed by atoms with Crippen molar-refractivity contribution in [2.75, 3.05) is 0 Å². The summed E-state index contributed by atoms with van der Waals surface area (Å²) in [6.07, 6.45) is 1.40. The van der Waals surface area contributed by atoms with Crippen LogP contribution in [0.25, 0.3) is 5.69 Å². The van der Waals surface area contributed by atoms with Crippen LogP contribution in [-0.2, 0) is 6.42 Å². The highest BCUT2D eigenvalue weighted by Gasteiger charge is 2.16. The molecule has 0 fully saturated rings. The summed E-state index contributed by atoms with van der Waals surface area (Å²) in [7, 11) is 0. The maximum Gasteiger partial charge on any atom is 0.229 e. The van der Waals surface area contributed by atoms with E-state index in [9.17, 15) is 8.78 Å². The molecule has 0 bridgehead atoms. The molecule has 2 aromatic rings. The van der Waals surface area contributed by atoms with Crippen molar-refractivity contribution in [3.05, 3.63) is 40.9 Å². The maximum atomic E-state index is 13.7. The number of hydrogen-bond acceptors (Lipinski definition) is 2. The lowest BCUT2D eigenvalue weighted by atomic mass is 10.2. The van der Waals surface area contributed by atoms with Crippen LogP contribution in [0.15, 0.2) is 18.2 Å². The van der Waals surface area contributed by atoms with Crippen LogP contribution >= 0.6 is 11.6 Å². The first-order chi connectivity index (χ1) is 8.15. The molecule has 6 heteroatoms. The second-order valence-corrected chi connectivity index (χ2v) is 3.88. The van der Waals surface area contributed by atoms with E-state index in [0.717, 1.165) is 12.5 Å². The van der Waals surface area contributed by atoms with Gasteiger partial charge >= 0.3 is 0 Å². The highest BCUT2D eigenvalue weighted by molar-refractivity contribution is 6.28. The average molecular weight is 258 g/mol. The van der Waals surface area contributed by atoms with Gasteiger partial charge in [0, 0.05) is 6.42 Å².